The van der Waals surface area contributed by atoms with E-state index in [0.717, 1.165) is 18.2 Å². The Morgan fingerprint density at radius 3 is 2.21 bits per heavy atom. The molecule has 0 saturated carbocycles. The summed E-state index contributed by atoms with van der Waals surface area (Å²) in [6.45, 7) is 0. The van der Waals surface area contributed by atoms with Crippen molar-refractivity contribution in [2.75, 3.05) is 10.7 Å². The second-order valence-electron chi connectivity index (χ2n) is 4.95. The van der Waals surface area contributed by atoms with Gasteiger partial charge in [-0.15, -0.1) is 0 Å². The normalized spacial score (nSPS) is 20.2. The summed E-state index contributed by atoms with van der Waals surface area (Å²) >= 11 is 0. The first-order valence-electron chi connectivity index (χ1n) is 6.30. The molecule has 0 fully saturated rings. The fourth-order valence-corrected chi connectivity index (χ4v) is 3.42. The van der Waals surface area contributed by atoms with Gasteiger partial charge in [0.2, 0.25) is 0 Å². The van der Waals surface area contributed by atoms with Gasteiger partial charge in [0, 0.05) is 11.1 Å². The lowest BCUT2D eigenvalue weighted by atomic mass is 10.1. The van der Waals surface area contributed by atoms with Crippen molar-refractivity contribution in [2.45, 2.75) is 18.4 Å². The molecule has 1 atom stereocenters. The van der Waals surface area contributed by atoms with Gasteiger partial charge in [0.05, 0.1) is 17.4 Å². The summed E-state index contributed by atoms with van der Waals surface area (Å²) in [6.07, 6.45) is -9.38. The molecule has 1 aromatic rings. The fourth-order valence-electron chi connectivity index (χ4n) is 2.15. The number of amides is 1. The molecule has 1 aliphatic heterocycles. The first kappa shape index (κ1) is 18.3. The number of carbonyl (C=O) groups is 1. The van der Waals surface area contributed by atoms with Crippen LogP contribution >= 0.6 is 0 Å². The second kappa shape index (κ2) is 5.80. The van der Waals surface area contributed by atoms with Crippen molar-refractivity contribution in [3.05, 3.63) is 41.3 Å². The molecule has 132 valence electrons. The average Bonchev–Trinajstić information content (AvgIpc) is 2.77. The minimum absolute atomic E-state index is 0.0102. The molecule has 0 saturated heterocycles. The third-order valence-corrected chi connectivity index (χ3v) is 4.53. The molecule has 0 N–H and O–H groups in total. The molecular weight excluding hydrogens is 364 g/mol. The first-order valence-corrected chi connectivity index (χ1v) is 8.01. The highest BCUT2D eigenvalue weighted by molar-refractivity contribution is 7.94. The van der Waals surface area contributed by atoms with Crippen LogP contribution in [0.3, 0.4) is 0 Å². The Bertz CT molecular complexity index is 782. The monoisotopic (exact) mass is 373 g/mol. The van der Waals surface area contributed by atoms with Crippen LogP contribution in [0.5, 0.6) is 0 Å². The predicted molar refractivity (Wildman–Crippen MR) is 71.7 cm³/mol. The number of hydrogen-bond donors (Lipinski definition) is 0. The second-order valence-corrected chi connectivity index (χ2v) is 6.88. The van der Waals surface area contributed by atoms with Crippen molar-refractivity contribution in [1.29, 1.82) is 0 Å². The quantitative estimate of drug-likeness (QED) is 0.749. The van der Waals surface area contributed by atoms with Crippen LogP contribution in [0.1, 0.15) is 5.56 Å². The number of hydrogen-bond acceptors (Lipinski definition) is 3. The van der Waals surface area contributed by atoms with Crippen LogP contribution in [0.4, 0.5) is 32.0 Å². The summed E-state index contributed by atoms with van der Waals surface area (Å²) in [5, 5.41) is 0.627. The van der Waals surface area contributed by atoms with Gasteiger partial charge in [-0.3, -0.25) is 9.69 Å². The Kier molecular flexibility index (Phi) is 4.42. The molecule has 0 radical (unpaired) electrons. The first-order chi connectivity index (χ1) is 10.8. The van der Waals surface area contributed by atoms with Crippen LogP contribution in [0.2, 0.25) is 0 Å². The molecule has 4 nitrogen and oxygen atoms in total. The van der Waals surface area contributed by atoms with Gasteiger partial charge in [-0.1, -0.05) is 6.07 Å². The molecule has 1 heterocycles. The van der Waals surface area contributed by atoms with Gasteiger partial charge in [0.1, 0.15) is 0 Å². The van der Waals surface area contributed by atoms with E-state index in [9.17, 15) is 39.6 Å². The number of rotatable bonds is 2. The molecule has 0 bridgehead atoms. The lowest BCUT2D eigenvalue weighted by Crippen LogP contribution is -2.48. The number of anilines is 1. The van der Waals surface area contributed by atoms with Crippen molar-refractivity contribution >= 4 is 21.4 Å². The third-order valence-electron chi connectivity index (χ3n) is 3.16. The lowest BCUT2D eigenvalue weighted by molar-refractivity contribution is -0.170. The van der Waals surface area contributed by atoms with Crippen molar-refractivity contribution in [2.24, 2.45) is 0 Å². The zero-order valence-electron chi connectivity index (χ0n) is 11.6. The molecule has 0 aromatic heterocycles. The van der Waals surface area contributed by atoms with E-state index in [1.165, 1.54) is 0 Å². The molecule has 1 aliphatic rings. The van der Waals surface area contributed by atoms with E-state index in [1.807, 2.05) is 0 Å². The van der Waals surface area contributed by atoms with Gasteiger partial charge in [-0.25, -0.2) is 8.42 Å². The number of alkyl halides is 6. The molecule has 2 rings (SSSR count). The summed E-state index contributed by atoms with van der Waals surface area (Å²) in [6, 6.07) is 1.15. The Hall–Kier alpha value is -2.04. The van der Waals surface area contributed by atoms with Gasteiger partial charge in [0.15, 0.2) is 9.84 Å². The Labute approximate surface area is 132 Å². The van der Waals surface area contributed by atoms with Crippen molar-refractivity contribution < 1.29 is 39.6 Å². The summed E-state index contributed by atoms with van der Waals surface area (Å²) in [5.74, 6) is -3.29. The van der Waals surface area contributed by atoms with Crippen LogP contribution in [0, 0.1) is 0 Å². The van der Waals surface area contributed by atoms with E-state index in [2.05, 4.69) is 0 Å². The number of halogens is 6. The van der Waals surface area contributed by atoms with Gasteiger partial charge in [-0.05, 0) is 24.3 Å². The van der Waals surface area contributed by atoms with Crippen molar-refractivity contribution in [1.82, 2.24) is 0 Å². The molecule has 1 amide bonds. The van der Waals surface area contributed by atoms with Crippen LogP contribution in [0.25, 0.3) is 0 Å². The van der Waals surface area contributed by atoms with E-state index >= 15 is 0 Å². The molecule has 0 spiro atoms. The largest absolute Gasteiger partial charge is 0.471 e. The predicted octanol–water partition coefficient (Wildman–Crippen LogP) is 2.91. The van der Waals surface area contributed by atoms with Crippen LogP contribution in [-0.4, -0.2) is 32.3 Å². The topological polar surface area (TPSA) is 54.5 Å². The van der Waals surface area contributed by atoms with Gasteiger partial charge in [-0.2, -0.15) is 26.3 Å². The molecule has 0 aliphatic carbocycles. The summed E-state index contributed by atoms with van der Waals surface area (Å²) in [4.78, 5) is 11.6. The average molecular weight is 373 g/mol. The van der Waals surface area contributed by atoms with Crippen molar-refractivity contribution in [3.8, 4) is 0 Å². The number of benzene rings is 1. The molecular formula is C13H9F6NO3S. The highest BCUT2D eigenvalue weighted by Crippen LogP contribution is 2.34. The van der Waals surface area contributed by atoms with Gasteiger partial charge in [0.25, 0.3) is 0 Å². The Morgan fingerprint density at radius 2 is 1.75 bits per heavy atom. The number of sulfone groups is 1. The molecule has 1 aromatic carbocycles. The zero-order chi connectivity index (χ0) is 18.3. The Balaban J connectivity index is 2.52. The maximum Gasteiger partial charge on any atom is 0.471 e. The smallest absolute Gasteiger partial charge is 0.297 e. The lowest BCUT2D eigenvalue weighted by Gasteiger charge is -2.28. The highest BCUT2D eigenvalue weighted by atomic mass is 32.2. The summed E-state index contributed by atoms with van der Waals surface area (Å²) in [5.41, 5.74) is -1.95. The van der Waals surface area contributed by atoms with E-state index in [1.54, 1.807) is 0 Å². The maximum atomic E-state index is 12.8. The minimum atomic E-state index is -5.38. The standard InChI is InChI=1S/C13H9F6NO3S/c14-12(15,16)8-2-1-3-9(6-8)20(11(21)13(17,18)19)10-4-5-24(22,23)7-10/h1-6,10H,7H2. The van der Waals surface area contributed by atoms with Crippen molar-refractivity contribution in [3.63, 3.8) is 0 Å². The molecule has 24 heavy (non-hydrogen) atoms. The SMILES string of the molecule is O=C(N(c1cccc(C(F)(F)F)c1)C1C=CS(=O)(=O)C1)C(F)(F)F. The molecule has 11 heteroatoms. The van der Waals surface area contributed by atoms with Crippen LogP contribution < -0.4 is 4.90 Å². The number of carbonyl (C=O) groups excluding carboxylic acids is 1. The maximum absolute atomic E-state index is 12.8. The van der Waals surface area contributed by atoms with E-state index in [4.69, 9.17) is 0 Å². The third kappa shape index (κ3) is 3.89. The van der Waals surface area contributed by atoms with E-state index in [0.29, 0.717) is 17.5 Å². The molecule has 1 unspecified atom stereocenters. The van der Waals surface area contributed by atoms with Gasteiger partial charge < -0.3 is 0 Å². The van der Waals surface area contributed by atoms with Crippen LogP contribution in [-0.2, 0) is 20.8 Å². The highest BCUT2D eigenvalue weighted by Gasteiger charge is 2.46. The van der Waals surface area contributed by atoms with E-state index in [-0.39, 0.29) is 4.90 Å². The minimum Gasteiger partial charge on any atom is -0.297 e. The zero-order valence-corrected chi connectivity index (χ0v) is 12.4. The summed E-state index contributed by atoms with van der Waals surface area (Å²) in [7, 11) is -3.83. The summed E-state index contributed by atoms with van der Waals surface area (Å²) < 4.78 is 99.3. The fraction of sp³-hybridized carbons (Fsp3) is 0.308. The van der Waals surface area contributed by atoms with Crippen LogP contribution in [0.15, 0.2) is 35.7 Å². The number of nitrogens with zero attached hydrogens (tertiary/aromatic N) is 1. The van der Waals surface area contributed by atoms with Gasteiger partial charge >= 0.3 is 18.3 Å². The van der Waals surface area contributed by atoms with E-state index < -0.39 is 51.1 Å². The Morgan fingerprint density at radius 1 is 1.12 bits per heavy atom.